The Hall–Kier alpha value is -4.22. The normalized spacial score (nSPS) is 20.4. The molecule has 2 fully saturated rings. The standard InChI is InChI=1S/C28H29F9N6O3/c29-26(30,31)15-4-6-18(7-5-15)41-25(46)43-14-21-12-20(13-42(21)23(44)22(43)3-1-2-8-38)40-24(45)39-19-10-16(27(32,33)34)9-17(11-19)28(35,36)37/h4-7,9-11,20-22H,1-3,8,12-14,38H2,(H,41,46)(H2,39,40,45)/t20-,21+,22-/m1/s1. The van der Waals surface area contributed by atoms with Crippen LogP contribution in [0.1, 0.15) is 42.4 Å². The molecule has 5 N–H and O–H groups in total. The maximum Gasteiger partial charge on any atom is 0.416 e. The molecule has 4 rings (SSSR count). The highest BCUT2D eigenvalue weighted by Gasteiger charge is 2.47. The number of nitrogens with zero attached hydrogens (tertiary/aromatic N) is 2. The molecule has 0 radical (unpaired) electrons. The quantitative estimate of drug-likeness (QED) is 0.218. The second-order valence-electron chi connectivity index (χ2n) is 10.9. The summed E-state index contributed by atoms with van der Waals surface area (Å²) in [5.41, 5.74) is 0.711. The maximum absolute atomic E-state index is 13.5. The van der Waals surface area contributed by atoms with Gasteiger partial charge in [0, 0.05) is 24.5 Å². The Morgan fingerprint density at radius 1 is 0.783 bits per heavy atom. The summed E-state index contributed by atoms with van der Waals surface area (Å²) in [7, 11) is 0. The molecule has 2 aromatic rings. The number of hydrogen-bond acceptors (Lipinski definition) is 4. The highest BCUT2D eigenvalue weighted by Crippen LogP contribution is 2.38. The molecule has 9 nitrogen and oxygen atoms in total. The van der Waals surface area contributed by atoms with Crippen molar-refractivity contribution in [3.05, 3.63) is 59.2 Å². The summed E-state index contributed by atoms with van der Waals surface area (Å²) in [6, 6.07) is 0.144. The van der Waals surface area contributed by atoms with Crippen LogP contribution in [0, 0.1) is 0 Å². The minimum atomic E-state index is -5.12. The molecule has 2 aliphatic heterocycles. The fourth-order valence-electron chi connectivity index (χ4n) is 5.45. The maximum atomic E-state index is 13.5. The number of piperazine rings is 1. The van der Waals surface area contributed by atoms with Crippen molar-refractivity contribution in [3.8, 4) is 0 Å². The van der Waals surface area contributed by atoms with E-state index in [2.05, 4.69) is 10.6 Å². The predicted molar refractivity (Wildman–Crippen MR) is 146 cm³/mol. The van der Waals surface area contributed by atoms with Gasteiger partial charge in [-0.05, 0) is 74.7 Å². The Morgan fingerprint density at radius 3 is 1.91 bits per heavy atom. The predicted octanol–water partition coefficient (Wildman–Crippen LogP) is 5.88. The lowest BCUT2D eigenvalue weighted by atomic mass is 10.0. The first-order valence-electron chi connectivity index (χ1n) is 14.0. The average Bonchev–Trinajstić information content (AvgIpc) is 3.35. The fourth-order valence-corrected chi connectivity index (χ4v) is 5.45. The summed E-state index contributed by atoms with van der Waals surface area (Å²) in [6.07, 6.45) is -13.5. The molecular weight excluding hydrogens is 639 g/mol. The van der Waals surface area contributed by atoms with Crippen molar-refractivity contribution in [2.45, 2.75) is 62.3 Å². The first-order chi connectivity index (χ1) is 21.4. The fraction of sp³-hybridized carbons (Fsp3) is 0.464. The van der Waals surface area contributed by atoms with Crippen molar-refractivity contribution < 1.29 is 53.9 Å². The molecule has 5 amide bonds. The Labute approximate surface area is 256 Å². The number of urea groups is 2. The molecule has 0 aliphatic carbocycles. The van der Waals surface area contributed by atoms with E-state index in [1.165, 1.54) is 9.80 Å². The zero-order valence-corrected chi connectivity index (χ0v) is 23.8. The molecule has 0 spiro atoms. The first kappa shape index (κ1) is 34.6. The number of carbonyl (C=O) groups is 3. The van der Waals surface area contributed by atoms with Gasteiger partial charge in [0.1, 0.15) is 6.04 Å². The van der Waals surface area contributed by atoms with E-state index in [0.29, 0.717) is 31.5 Å². The number of carbonyl (C=O) groups excluding carboxylic acids is 3. The molecule has 3 atom stereocenters. The monoisotopic (exact) mass is 668 g/mol. The van der Waals surface area contributed by atoms with Crippen molar-refractivity contribution in [3.63, 3.8) is 0 Å². The second kappa shape index (κ2) is 13.3. The Morgan fingerprint density at radius 2 is 1.37 bits per heavy atom. The smallest absolute Gasteiger partial charge is 0.334 e. The van der Waals surface area contributed by atoms with Gasteiger partial charge in [-0.25, -0.2) is 9.59 Å². The Bertz CT molecular complexity index is 1400. The third kappa shape index (κ3) is 8.32. The van der Waals surface area contributed by atoms with Crippen LogP contribution in [0.2, 0.25) is 0 Å². The van der Waals surface area contributed by atoms with Crippen LogP contribution in [0.5, 0.6) is 0 Å². The van der Waals surface area contributed by atoms with Gasteiger partial charge >= 0.3 is 30.6 Å². The highest BCUT2D eigenvalue weighted by molar-refractivity contribution is 5.95. The van der Waals surface area contributed by atoms with Crippen molar-refractivity contribution in [2.24, 2.45) is 5.73 Å². The van der Waals surface area contributed by atoms with Crippen LogP contribution in [0.25, 0.3) is 0 Å². The van der Waals surface area contributed by atoms with Crippen LogP contribution >= 0.6 is 0 Å². The molecule has 0 saturated carbocycles. The highest BCUT2D eigenvalue weighted by atomic mass is 19.4. The number of anilines is 2. The van der Waals surface area contributed by atoms with Gasteiger partial charge in [-0.15, -0.1) is 0 Å². The Kier molecular flexibility index (Phi) is 9.98. The minimum absolute atomic E-state index is 0.0200. The average molecular weight is 669 g/mol. The number of amides is 5. The van der Waals surface area contributed by atoms with Crippen LogP contribution in [-0.4, -0.2) is 65.5 Å². The minimum Gasteiger partial charge on any atom is -0.334 e. The van der Waals surface area contributed by atoms with Crippen molar-refractivity contribution in [2.75, 3.05) is 30.3 Å². The third-order valence-corrected chi connectivity index (χ3v) is 7.60. The molecule has 46 heavy (non-hydrogen) atoms. The van der Waals surface area contributed by atoms with E-state index in [-0.39, 0.29) is 37.7 Å². The summed E-state index contributed by atoms with van der Waals surface area (Å²) in [5.74, 6) is -0.465. The molecule has 252 valence electrons. The first-order valence-corrected chi connectivity index (χ1v) is 14.0. The lowest BCUT2D eigenvalue weighted by Crippen LogP contribution is -2.62. The number of unbranched alkanes of at least 4 members (excludes halogenated alkanes) is 1. The molecule has 0 unspecified atom stereocenters. The van der Waals surface area contributed by atoms with Crippen molar-refractivity contribution >= 4 is 29.3 Å². The summed E-state index contributed by atoms with van der Waals surface area (Å²) in [5, 5.41) is 6.94. The lowest BCUT2D eigenvalue weighted by molar-refractivity contribution is -0.143. The summed E-state index contributed by atoms with van der Waals surface area (Å²) in [4.78, 5) is 42.1. The SMILES string of the molecule is NCCCC[C@@H]1C(=O)N2C[C@H](NC(=O)Nc3cc(C(F)(F)F)cc(C(F)(F)F)c3)C[C@H]2CN1C(=O)Nc1ccc(C(F)(F)F)cc1. The van der Waals surface area contributed by atoms with E-state index >= 15 is 0 Å². The second-order valence-corrected chi connectivity index (χ2v) is 10.9. The molecule has 2 saturated heterocycles. The number of benzene rings is 2. The van der Waals surface area contributed by atoms with Gasteiger partial charge in [-0.1, -0.05) is 0 Å². The van der Waals surface area contributed by atoms with Crippen LogP contribution < -0.4 is 21.7 Å². The van der Waals surface area contributed by atoms with E-state index in [4.69, 9.17) is 5.73 Å². The van der Waals surface area contributed by atoms with E-state index < -0.39 is 77.0 Å². The molecule has 0 bridgehead atoms. The third-order valence-electron chi connectivity index (χ3n) is 7.60. The van der Waals surface area contributed by atoms with E-state index in [1.807, 2.05) is 5.32 Å². The van der Waals surface area contributed by atoms with Crippen molar-refractivity contribution in [1.29, 1.82) is 0 Å². The van der Waals surface area contributed by atoms with E-state index in [0.717, 1.165) is 24.3 Å². The molecule has 18 heteroatoms. The number of alkyl halides is 9. The van der Waals surface area contributed by atoms with Crippen molar-refractivity contribution in [1.82, 2.24) is 15.1 Å². The zero-order valence-electron chi connectivity index (χ0n) is 23.8. The summed E-state index contributed by atoms with van der Waals surface area (Å²) < 4.78 is 118. The van der Waals surface area contributed by atoms with Gasteiger partial charge in [0.15, 0.2) is 0 Å². The van der Waals surface area contributed by atoms with Gasteiger partial charge in [0.25, 0.3) is 0 Å². The van der Waals surface area contributed by atoms with Gasteiger partial charge in [-0.3, -0.25) is 4.79 Å². The number of hydrogen-bond donors (Lipinski definition) is 4. The van der Waals surface area contributed by atoms with Crippen LogP contribution in [-0.2, 0) is 23.3 Å². The van der Waals surface area contributed by atoms with E-state index in [9.17, 15) is 53.9 Å². The summed E-state index contributed by atoms with van der Waals surface area (Å²) in [6.45, 7) is 0.255. The van der Waals surface area contributed by atoms with Gasteiger partial charge in [0.05, 0.1) is 28.8 Å². The number of halogens is 9. The number of fused-ring (bicyclic) bond motifs is 1. The molecule has 2 heterocycles. The lowest BCUT2D eigenvalue weighted by Gasteiger charge is -2.42. The largest absolute Gasteiger partial charge is 0.416 e. The molecule has 2 aromatic carbocycles. The number of rotatable bonds is 7. The van der Waals surface area contributed by atoms with Crippen LogP contribution in [0.4, 0.5) is 60.5 Å². The van der Waals surface area contributed by atoms with E-state index in [1.54, 1.807) is 0 Å². The van der Waals surface area contributed by atoms with Gasteiger partial charge in [0.2, 0.25) is 5.91 Å². The zero-order chi connectivity index (χ0) is 34.0. The van der Waals surface area contributed by atoms with Gasteiger partial charge in [-0.2, -0.15) is 39.5 Å². The summed E-state index contributed by atoms with van der Waals surface area (Å²) >= 11 is 0. The molecule has 0 aromatic heterocycles. The van der Waals surface area contributed by atoms with Gasteiger partial charge < -0.3 is 31.5 Å². The topological polar surface area (TPSA) is 120 Å². The molecular formula is C28H29F9N6O3. The van der Waals surface area contributed by atoms with Crippen LogP contribution in [0.15, 0.2) is 42.5 Å². The number of nitrogens with two attached hydrogens (primary N) is 1. The number of nitrogens with one attached hydrogen (secondary N) is 3. The van der Waals surface area contributed by atoms with Crippen LogP contribution in [0.3, 0.4) is 0 Å². The Balaban J connectivity index is 1.46. The molecule has 2 aliphatic rings.